The molecule has 2 aromatic rings. The maximum absolute atomic E-state index is 11.7. The Morgan fingerprint density at radius 2 is 2.15 bits per heavy atom. The van der Waals surface area contributed by atoms with Crippen LogP contribution in [-0.4, -0.2) is 9.98 Å². The van der Waals surface area contributed by atoms with Crippen LogP contribution in [0.4, 0.5) is 0 Å². The molecule has 1 unspecified atom stereocenters. The number of thiocarbonyl (C=S) groups is 1. The number of allylic oxidation sites excluding steroid dienone is 1. The highest BCUT2D eigenvalue weighted by Gasteiger charge is 2.23. The first-order chi connectivity index (χ1) is 9.61. The number of furan rings is 1. The van der Waals surface area contributed by atoms with E-state index in [1.165, 1.54) is 11.8 Å². The van der Waals surface area contributed by atoms with Gasteiger partial charge >= 0.3 is 0 Å². The van der Waals surface area contributed by atoms with E-state index in [-0.39, 0.29) is 5.78 Å². The van der Waals surface area contributed by atoms with E-state index in [4.69, 9.17) is 16.6 Å². The van der Waals surface area contributed by atoms with Crippen molar-refractivity contribution in [1.82, 2.24) is 0 Å². The minimum Gasteiger partial charge on any atom is -0.457 e. The fraction of sp³-hybridized carbons (Fsp3) is 0.0667. The molecule has 5 heteroatoms. The number of hydrogen-bond donors (Lipinski definition) is 0. The Bertz CT molecular complexity index is 731. The molecule has 1 atom stereocenters. The maximum atomic E-state index is 11.7. The molecular formula is C15H11O2PS2. The predicted molar refractivity (Wildman–Crippen MR) is 91.3 cm³/mol. The molecule has 100 valence electrons. The highest BCUT2D eigenvalue weighted by Crippen LogP contribution is 2.33. The molecule has 0 amide bonds. The second-order valence-corrected chi connectivity index (χ2v) is 6.96. The van der Waals surface area contributed by atoms with E-state index < -0.39 is 0 Å². The normalized spacial score (nSPS) is 17.1. The third-order valence-electron chi connectivity index (χ3n) is 2.87. The zero-order chi connectivity index (χ0) is 14.1. The van der Waals surface area contributed by atoms with Crippen LogP contribution in [-0.2, 0) is 4.79 Å². The zero-order valence-corrected chi connectivity index (χ0v) is 13.2. The van der Waals surface area contributed by atoms with Crippen molar-refractivity contribution in [1.29, 1.82) is 0 Å². The highest BCUT2D eigenvalue weighted by molar-refractivity contribution is 8.27. The molecule has 0 saturated carbocycles. The Balaban J connectivity index is 1.89. The SMILES string of the molecule is O=C1CC(=S)S/C1=C\c1ccc(-c2cccc(P)c2)o1. The molecule has 20 heavy (non-hydrogen) atoms. The quantitative estimate of drug-likeness (QED) is 0.478. The first-order valence-electron chi connectivity index (χ1n) is 6.03. The monoisotopic (exact) mass is 318 g/mol. The van der Waals surface area contributed by atoms with Crippen molar-refractivity contribution in [2.45, 2.75) is 6.42 Å². The number of rotatable bonds is 2. The average molecular weight is 318 g/mol. The fourth-order valence-corrected chi connectivity index (χ4v) is 3.45. The van der Waals surface area contributed by atoms with Gasteiger partial charge in [-0.05, 0) is 29.6 Å². The lowest BCUT2D eigenvalue weighted by Gasteiger charge is -1.98. The number of ketones is 1. The Labute approximate surface area is 128 Å². The molecular weight excluding hydrogens is 307 g/mol. The molecule has 2 nitrogen and oxygen atoms in total. The summed E-state index contributed by atoms with van der Waals surface area (Å²) in [7, 11) is 2.66. The molecule has 1 aromatic carbocycles. The van der Waals surface area contributed by atoms with Gasteiger partial charge in [-0.2, -0.15) is 0 Å². The largest absolute Gasteiger partial charge is 0.457 e. The van der Waals surface area contributed by atoms with Crippen molar-refractivity contribution in [3.05, 3.63) is 47.1 Å². The van der Waals surface area contributed by atoms with Crippen molar-refractivity contribution < 1.29 is 9.21 Å². The summed E-state index contributed by atoms with van der Waals surface area (Å²) >= 11 is 6.41. The first kappa shape index (κ1) is 13.7. The molecule has 0 bridgehead atoms. The summed E-state index contributed by atoms with van der Waals surface area (Å²) in [6.45, 7) is 0. The van der Waals surface area contributed by atoms with E-state index in [0.29, 0.717) is 17.1 Å². The van der Waals surface area contributed by atoms with Crippen LogP contribution in [0.3, 0.4) is 0 Å². The number of carbonyl (C=O) groups is 1. The van der Waals surface area contributed by atoms with Gasteiger partial charge in [-0.1, -0.05) is 42.2 Å². The van der Waals surface area contributed by atoms with E-state index in [1.807, 2.05) is 36.4 Å². The maximum Gasteiger partial charge on any atom is 0.175 e. The number of Topliss-reactive ketones (excluding diaryl/α,β-unsaturated/α-hetero) is 1. The minimum absolute atomic E-state index is 0.0740. The van der Waals surface area contributed by atoms with Crippen LogP contribution in [0, 0.1) is 0 Å². The average Bonchev–Trinajstić information content (AvgIpc) is 2.97. The van der Waals surface area contributed by atoms with E-state index >= 15 is 0 Å². The molecule has 2 heterocycles. The second-order valence-electron chi connectivity index (χ2n) is 4.41. The van der Waals surface area contributed by atoms with Crippen molar-refractivity contribution in [3.63, 3.8) is 0 Å². The minimum atomic E-state index is 0.0740. The van der Waals surface area contributed by atoms with Crippen molar-refractivity contribution in [2.75, 3.05) is 0 Å². The van der Waals surface area contributed by atoms with E-state index in [9.17, 15) is 4.79 Å². The first-order valence-corrected chi connectivity index (χ1v) is 7.83. The van der Waals surface area contributed by atoms with Gasteiger partial charge in [0, 0.05) is 5.56 Å². The fourth-order valence-electron chi connectivity index (χ4n) is 1.95. The van der Waals surface area contributed by atoms with Crippen LogP contribution in [0.15, 0.2) is 45.7 Å². The van der Waals surface area contributed by atoms with Gasteiger partial charge in [-0.15, -0.1) is 9.24 Å². The smallest absolute Gasteiger partial charge is 0.175 e. The van der Waals surface area contributed by atoms with E-state index in [1.54, 1.807) is 6.08 Å². The van der Waals surface area contributed by atoms with Crippen LogP contribution in [0.2, 0.25) is 0 Å². The van der Waals surface area contributed by atoms with E-state index in [2.05, 4.69) is 9.24 Å². The molecule has 0 spiro atoms. The lowest BCUT2D eigenvalue weighted by atomic mass is 10.2. The highest BCUT2D eigenvalue weighted by atomic mass is 32.2. The van der Waals surface area contributed by atoms with Gasteiger partial charge in [-0.3, -0.25) is 4.79 Å². The Kier molecular flexibility index (Phi) is 3.88. The summed E-state index contributed by atoms with van der Waals surface area (Å²) in [4.78, 5) is 12.4. The van der Waals surface area contributed by atoms with Crippen molar-refractivity contribution >= 4 is 54.6 Å². The van der Waals surface area contributed by atoms with Crippen LogP contribution in [0.1, 0.15) is 12.2 Å². The molecule has 1 fully saturated rings. The lowest BCUT2D eigenvalue weighted by molar-refractivity contribution is -0.113. The Morgan fingerprint density at radius 3 is 2.85 bits per heavy atom. The van der Waals surface area contributed by atoms with Gasteiger partial charge in [0.1, 0.15) is 11.5 Å². The van der Waals surface area contributed by atoms with Gasteiger partial charge in [0.2, 0.25) is 0 Å². The summed E-state index contributed by atoms with van der Waals surface area (Å²) in [6.07, 6.45) is 2.12. The molecule has 1 aliphatic heterocycles. The molecule has 1 aliphatic rings. The third kappa shape index (κ3) is 2.93. The van der Waals surface area contributed by atoms with Gasteiger partial charge < -0.3 is 4.42 Å². The topological polar surface area (TPSA) is 30.2 Å². The standard InChI is InChI=1S/C15H11O2PS2/c16-12-8-15(19)20-14(12)7-10-4-5-13(17-10)9-2-1-3-11(18)6-9/h1-7H,8,18H2/b14-7-. The molecule has 1 aromatic heterocycles. The van der Waals surface area contributed by atoms with Gasteiger partial charge in [0.15, 0.2) is 5.78 Å². The number of carbonyl (C=O) groups excluding carboxylic acids is 1. The van der Waals surface area contributed by atoms with Crippen LogP contribution in [0.5, 0.6) is 0 Å². The number of hydrogen-bond acceptors (Lipinski definition) is 4. The number of thioether (sulfide) groups is 1. The van der Waals surface area contributed by atoms with Gasteiger partial charge in [0.25, 0.3) is 0 Å². The Hall–Kier alpha value is -1.22. The summed E-state index contributed by atoms with van der Waals surface area (Å²) in [5.74, 6) is 1.54. The van der Waals surface area contributed by atoms with Crippen molar-refractivity contribution in [2.24, 2.45) is 0 Å². The van der Waals surface area contributed by atoms with Gasteiger partial charge in [-0.25, -0.2) is 0 Å². The molecule has 0 aliphatic carbocycles. The Morgan fingerprint density at radius 1 is 1.30 bits per heavy atom. The molecule has 1 saturated heterocycles. The predicted octanol–water partition coefficient (Wildman–Crippen LogP) is 3.82. The van der Waals surface area contributed by atoms with E-state index in [0.717, 1.165) is 20.8 Å². The second kappa shape index (κ2) is 5.65. The van der Waals surface area contributed by atoms with Gasteiger partial charge in [0.05, 0.1) is 15.5 Å². The molecule has 0 radical (unpaired) electrons. The summed E-state index contributed by atoms with van der Waals surface area (Å²) in [5, 5.41) is 1.10. The third-order valence-corrected chi connectivity index (χ3v) is 4.57. The summed E-state index contributed by atoms with van der Waals surface area (Å²) in [5.41, 5.74) is 1.02. The van der Waals surface area contributed by atoms with Crippen LogP contribution >= 0.6 is 33.2 Å². The zero-order valence-electron chi connectivity index (χ0n) is 10.5. The summed E-state index contributed by atoms with van der Waals surface area (Å²) < 4.78 is 6.50. The summed E-state index contributed by atoms with van der Waals surface area (Å²) in [6, 6.07) is 11.8. The van der Waals surface area contributed by atoms with Crippen molar-refractivity contribution in [3.8, 4) is 11.3 Å². The van der Waals surface area contributed by atoms with Crippen LogP contribution in [0.25, 0.3) is 17.4 Å². The molecule has 0 N–H and O–H groups in total. The number of benzene rings is 1. The lowest BCUT2D eigenvalue weighted by Crippen LogP contribution is -1.90. The molecule has 3 rings (SSSR count). The van der Waals surface area contributed by atoms with Crippen LogP contribution < -0.4 is 5.30 Å².